The number of aryl methyl sites for hydroxylation is 2. The van der Waals surface area contributed by atoms with Crippen LogP contribution in [0.3, 0.4) is 0 Å². The Labute approximate surface area is 206 Å². The molecule has 0 spiro atoms. The van der Waals surface area contributed by atoms with Crippen molar-refractivity contribution in [2.75, 3.05) is 7.05 Å². The van der Waals surface area contributed by atoms with Crippen LogP contribution in [0.1, 0.15) is 55.0 Å². The van der Waals surface area contributed by atoms with Crippen molar-refractivity contribution >= 4 is 34.1 Å². The Morgan fingerprint density at radius 1 is 1.21 bits per heavy atom. The van der Waals surface area contributed by atoms with Crippen LogP contribution in [0.15, 0.2) is 48.6 Å². The summed E-state index contributed by atoms with van der Waals surface area (Å²) in [6.45, 7) is 13.3. The number of carbonyl (C=O) groups excluding carboxylic acids is 1. The number of ether oxygens (including phenoxy) is 1. The minimum atomic E-state index is -0.307. The number of amides is 1. The van der Waals surface area contributed by atoms with E-state index >= 15 is 0 Å². The van der Waals surface area contributed by atoms with Crippen LogP contribution in [0.4, 0.5) is 0 Å². The molecule has 2 heterocycles. The molecule has 7 heteroatoms. The zero-order valence-electron chi connectivity index (χ0n) is 20.5. The largest absolute Gasteiger partial charge is 0.486 e. The van der Waals surface area contributed by atoms with Gasteiger partial charge in [-0.25, -0.2) is 4.98 Å². The number of carbonyl (C=O) groups is 1. The number of hydrogen-bond donors (Lipinski definition) is 2. The first-order valence-electron chi connectivity index (χ1n) is 11.1. The van der Waals surface area contributed by atoms with Crippen molar-refractivity contribution in [2.24, 2.45) is 0 Å². The third kappa shape index (κ3) is 5.39. The molecule has 0 aliphatic rings. The molecule has 0 fully saturated rings. The summed E-state index contributed by atoms with van der Waals surface area (Å²) in [6, 6.07) is 9.42. The molecule has 2 N–H and O–H groups in total. The molecule has 0 radical (unpaired) electrons. The molecular weight excluding hydrogens is 448 g/mol. The molecule has 0 aliphatic carbocycles. The number of hydrogen-bond acceptors (Lipinski definition) is 5. The van der Waals surface area contributed by atoms with Crippen LogP contribution in [0, 0.1) is 13.8 Å². The second-order valence-corrected chi connectivity index (χ2v) is 8.70. The maximum absolute atomic E-state index is 11.6. The van der Waals surface area contributed by atoms with Gasteiger partial charge in [0.1, 0.15) is 17.9 Å². The highest BCUT2D eigenvalue weighted by Crippen LogP contribution is 2.33. The van der Waals surface area contributed by atoms with E-state index in [-0.39, 0.29) is 18.6 Å². The average molecular weight is 479 g/mol. The fraction of sp³-hybridized carbons (Fsp3) is 0.296. The standard InChI is InChI=1S/C27H31ClN4O2/c1-8-15(2)25(29-7)21-12-16(3)31-27-20(21)10-9-11-24(27)34-14-22-23(28)13-17(4)30-26(22)18(5)32-19(6)33/h8-13,18,29H,1,14H2,2-7H3,(H,32,33)/b25-15-. The van der Waals surface area contributed by atoms with Gasteiger partial charge in [-0.3, -0.25) is 9.78 Å². The van der Waals surface area contributed by atoms with Crippen LogP contribution in [-0.2, 0) is 11.4 Å². The van der Waals surface area contributed by atoms with Crippen molar-refractivity contribution in [3.8, 4) is 5.75 Å². The quantitative estimate of drug-likeness (QED) is 0.399. The first kappa shape index (κ1) is 25.2. The molecule has 0 bridgehead atoms. The summed E-state index contributed by atoms with van der Waals surface area (Å²) in [5.74, 6) is 0.507. The van der Waals surface area contributed by atoms with Crippen LogP contribution in [0.5, 0.6) is 5.75 Å². The summed E-state index contributed by atoms with van der Waals surface area (Å²) in [5, 5.41) is 7.69. The third-order valence-corrected chi connectivity index (χ3v) is 5.92. The van der Waals surface area contributed by atoms with E-state index in [0.717, 1.165) is 44.7 Å². The lowest BCUT2D eigenvalue weighted by Gasteiger charge is -2.19. The highest BCUT2D eigenvalue weighted by Gasteiger charge is 2.19. The van der Waals surface area contributed by atoms with Gasteiger partial charge in [0, 0.05) is 47.6 Å². The SMILES string of the molecule is C=C/C(C)=C(\NC)c1cc(C)nc2c(OCc3c(Cl)cc(C)nc3C(C)NC(C)=O)cccc12. The fourth-order valence-corrected chi connectivity index (χ4v) is 4.34. The molecule has 1 atom stereocenters. The lowest BCUT2D eigenvalue weighted by atomic mass is 10.0. The Hall–Kier alpha value is -3.38. The molecule has 1 aromatic carbocycles. The molecule has 0 saturated heterocycles. The number of nitrogens with zero attached hydrogens (tertiary/aromatic N) is 2. The molecular formula is C27H31ClN4O2. The number of rotatable bonds is 8. The summed E-state index contributed by atoms with van der Waals surface area (Å²) < 4.78 is 6.28. The summed E-state index contributed by atoms with van der Waals surface area (Å²) in [5.41, 5.74) is 6.88. The van der Waals surface area contributed by atoms with E-state index in [9.17, 15) is 4.79 Å². The van der Waals surface area contributed by atoms with Crippen LogP contribution in [-0.4, -0.2) is 22.9 Å². The Morgan fingerprint density at radius 3 is 2.56 bits per heavy atom. The van der Waals surface area contributed by atoms with Gasteiger partial charge in [-0.05, 0) is 51.5 Å². The van der Waals surface area contributed by atoms with Crippen molar-refractivity contribution in [1.29, 1.82) is 0 Å². The van der Waals surface area contributed by atoms with Crippen LogP contribution in [0.2, 0.25) is 5.02 Å². The van der Waals surface area contributed by atoms with Crippen LogP contribution >= 0.6 is 11.6 Å². The van der Waals surface area contributed by atoms with E-state index in [1.165, 1.54) is 6.92 Å². The molecule has 178 valence electrons. The van der Waals surface area contributed by atoms with Crippen molar-refractivity contribution < 1.29 is 9.53 Å². The Bertz CT molecular complexity index is 1280. The maximum atomic E-state index is 11.6. The van der Waals surface area contributed by atoms with Crippen LogP contribution in [0.25, 0.3) is 16.6 Å². The third-order valence-electron chi connectivity index (χ3n) is 5.58. The molecule has 1 unspecified atom stereocenters. The molecule has 0 aliphatic heterocycles. The van der Waals surface area contributed by atoms with Gasteiger partial charge in [0.05, 0.1) is 16.8 Å². The highest BCUT2D eigenvalue weighted by atomic mass is 35.5. The van der Waals surface area contributed by atoms with Gasteiger partial charge in [-0.1, -0.05) is 36.4 Å². The summed E-state index contributed by atoms with van der Waals surface area (Å²) in [4.78, 5) is 21.0. The van der Waals surface area contributed by atoms with E-state index in [1.807, 2.05) is 59.0 Å². The second-order valence-electron chi connectivity index (χ2n) is 8.30. The zero-order chi connectivity index (χ0) is 25.0. The number of nitrogens with one attached hydrogen (secondary N) is 2. The maximum Gasteiger partial charge on any atom is 0.217 e. The molecule has 34 heavy (non-hydrogen) atoms. The minimum absolute atomic E-state index is 0.136. The van der Waals surface area contributed by atoms with E-state index in [1.54, 1.807) is 6.07 Å². The first-order chi connectivity index (χ1) is 16.2. The van der Waals surface area contributed by atoms with Crippen molar-refractivity contribution in [3.05, 3.63) is 81.8 Å². The number of pyridine rings is 2. The number of halogens is 1. The number of benzene rings is 1. The average Bonchev–Trinajstić information content (AvgIpc) is 2.77. The molecule has 0 saturated carbocycles. The topological polar surface area (TPSA) is 76.1 Å². The van der Waals surface area contributed by atoms with E-state index in [4.69, 9.17) is 21.3 Å². The first-order valence-corrected chi connectivity index (χ1v) is 11.5. The zero-order valence-corrected chi connectivity index (χ0v) is 21.3. The summed E-state index contributed by atoms with van der Waals surface area (Å²) in [6.07, 6.45) is 1.83. The highest BCUT2D eigenvalue weighted by molar-refractivity contribution is 6.31. The van der Waals surface area contributed by atoms with Gasteiger partial charge >= 0.3 is 0 Å². The van der Waals surface area contributed by atoms with Gasteiger partial charge in [0.2, 0.25) is 5.91 Å². The van der Waals surface area contributed by atoms with Gasteiger partial charge < -0.3 is 15.4 Å². The van der Waals surface area contributed by atoms with Crippen LogP contribution < -0.4 is 15.4 Å². The van der Waals surface area contributed by atoms with Gasteiger partial charge in [-0.2, -0.15) is 0 Å². The smallest absolute Gasteiger partial charge is 0.217 e. The van der Waals surface area contributed by atoms with Crippen molar-refractivity contribution in [1.82, 2.24) is 20.6 Å². The lowest BCUT2D eigenvalue weighted by molar-refractivity contribution is -0.119. The Kier molecular flexibility index (Phi) is 7.94. The van der Waals surface area contributed by atoms with Crippen molar-refractivity contribution in [2.45, 2.75) is 47.3 Å². The monoisotopic (exact) mass is 478 g/mol. The predicted molar refractivity (Wildman–Crippen MR) is 139 cm³/mol. The summed E-state index contributed by atoms with van der Waals surface area (Å²) >= 11 is 6.59. The van der Waals surface area contributed by atoms with E-state index < -0.39 is 0 Å². The minimum Gasteiger partial charge on any atom is -0.486 e. The Balaban J connectivity index is 2.07. The molecule has 3 rings (SSSR count). The molecule has 2 aromatic heterocycles. The lowest BCUT2D eigenvalue weighted by Crippen LogP contribution is -2.26. The Morgan fingerprint density at radius 2 is 1.91 bits per heavy atom. The van der Waals surface area contributed by atoms with Gasteiger partial charge in [-0.15, -0.1) is 0 Å². The number of allylic oxidation sites excluding steroid dienone is 2. The molecule has 6 nitrogen and oxygen atoms in total. The number of aromatic nitrogens is 2. The second kappa shape index (κ2) is 10.7. The molecule has 3 aromatic rings. The van der Waals surface area contributed by atoms with Gasteiger partial charge in [0.25, 0.3) is 0 Å². The number of fused-ring (bicyclic) bond motifs is 1. The van der Waals surface area contributed by atoms with E-state index in [2.05, 4.69) is 28.3 Å². The summed E-state index contributed by atoms with van der Waals surface area (Å²) in [7, 11) is 1.90. The predicted octanol–water partition coefficient (Wildman–Crippen LogP) is 5.81. The fourth-order valence-electron chi connectivity index (χ4n) is 4.03. The molecule has 1 amide bonds. The van der Waals surface area contributed by atoms with E-state index in [0.29, 0.717) is 16.5 Å². The number of para-hydroxylation sites is 1. The normalized spacial score (nSPS) is 12.7. The van der Waals surface area contributed by atoms with Gasteiger partial charge in [0.15, 0.2) is 0 Å². The van der Waals surface area contributed by atoms with Crippen molar-refractivity contribution in [3.63, 3.8) is 0 Å².